The zero-order chi connectivity index (χ0) is 15.0. The molecule has 0 saturated heterocycles. The summed E-state index contributed by atoms with van der Waals surface area (Å²) < 4.78 is 0. The molecule has 4 fully saturated rings. The van der Waals surface area contributed by atoms with E-state index in [1.54, 1.807) is 0 Å². The Bertz CT molecular complexity index is 478. The van der Waals surface area contributed by atoms with Crippen LogP contribution in [0.5, 0.6) is 0 Å². The SMILES string of the molecule is C=C1C2CC[C@@H]3C(CC[C@@H]4C(C)(C)CCCC43C)(C2)C1O. The van der Waals surface area contributed by atoms with E-state index in [2.05, 4.69) is 27.4 Å². The van der Waals surface area contributed by atoms with E-state index in [0.29, 0.717) is 16.7 Å². The van der Waals surface area contributed by atoms with Crippen molar-refractivity contribution < 1.29 is 5.11 Å². The van der Waals surface area contributed by atoms with Gasteiger partial charge in [0, 0.05) is 5.41 Å². The van der Waals surface area contributed by atoms with Crippen molar-refractivity contribution in [1.29, 1.82) is 0 Å². The summed E-state index contributed by atoms with van der Waals surface area (Å²) in [6.45, 7) is 11.9. The van der Waals surface area contributed by atoms with Crippen LogP contribution in [0.1, 0.15) is 72.1 Å². The first kappa shape index (κ1) is 14.3. The van der Waals surface area contributed by atoms with Crippen molar-refractivity contribution in [2.75, 3.05) is 0 Å². The molecule has 4 aliphatic rings. The van der Waals surface area contributed by atoms with E-state index in [-0.39, 0.29) is 11.5 Å². The van der Waals surface area contributed by atoms with Crippen molar-refractivity contribution in [2.24, 2.45) is 34.0 Å². The zero-order valence-electron chi connectivity index (χ0n) is 14.1. The average Bonchev–Trinajstić information content (AvgIpc) is 2.59. The maximum Gasteiger partial charge on any atom is 0.0809 e. The summed E-state index contributed by atoms with van der Waals surface area (Å²) in [5, 5.41) is 11.0. The lowest BCUT2D eigenvalue weighted by Gasteiger charge is -2.64. The highest BCUT2D eigenvalue weighted by atomic mass is 16.3. The lowest BCUT2D eigenvalue weighted by molar-refractivity contribution is -0.167. The summed E-state index contributed by atoms with van der Waals surface area (Å²) in [7, 11) is 0. The van der Waals surface area contributed by atoms with Crippen LogP contribution in [0, 0.1) is 34.0 Å². The van der Waals surface area contributed by atoms with Crippen LogP contribution in [0.4, 0.5) is 0 Å². The predicted octanol–water partition coefficient (Wildman–Crippen LogP) is 4.95. The minimum Gasteiger partial charge on any atom is -0.388 e. The van der Waals surface area contributed by atoms with Gasteiger partial charge in [-0.3, -0.25) is 0 Å². The Morgan fingerprint density at radius 1 is 1.00 bits per heavy atom. The summed E-state index contributed by atoms with van der Waals surface area (Å²) in [6, 6.07) is 0. The van der Waals surface area contributed by atoms with E-state index in [1.165, 1.54) is 56.9 Å². The Morgan fingerprint density at radius 2 is 1.76 bits per heavy atom. The van der Waals surface area contributed by atoms with Crippen LogP contribution in [0.15, 0.2) is 12.2 Å². The highest BCUT2D eigenvalue weighted by Gasteiger charge is 2.65. The van der Waals surface area contributed by atoms with Gasteiger partial charge in [0.05, 0.1) is 6.10 Å². The normalized spacial score (nSPS) is 55.0. The average molecular weight is 288 g/mol. The van der Waals surface area contributed by atoms with Crippen molar-refractivity contribution in [3.8, 4) is 0 Å². The molecule has 6 atom stereocenters. The Morgan fingerprint density at radius 3 is 2.52 bits per heavy atom. The molecule has 0 aromatic carbocycles. The molecular weight excluding hydrogens is 256 g/mol. The van der Waals surface area contributed by atoms with Crippen LogP contribution in [0.3, 0.4) is 0 Å². The van der Waals surface area contributed by atoms with Gasteiger partial charge in [-0.15, -0.1) is 0 Å². The van der Waals surface area contributed by atoms with Gasteiger partial charge in [-0.25, -0.2) is 0 Å². The van der Waals surface area contributed by atoms with Crippen LogP contribution in [0.2, 0.25) is 0 Å². The topological polar surface area (TPSA) is 20.2 Å². The first-order valence-corrected chi connectivity index (χ1v) is 9.18. The quantitative estimate of drug-likeness (QED) is 0.626. The Balaban J connectivity index is 1.77. The van der Waals surface area contributed by atoms with Gasteiger partial charge in [-0.1, -0.05) is 33.8 Å². The predicted molar refractivity (Wildman–Crippen MR) is 86.9 cm³/mol. The van der Waals surface area contributed by atoms with Crippen molar-refractivity contribution in [2.45, 2.75) is 78.2 Å². The fourth-order valence-electron chi connectivity index (χ4n) is 7.69. The molecule has 4 saturated carbocycles. The highest BCUT2D eigenvalue weighted by Crippen LogP contribution is 2.71. The number of hydrogen-bond donors (Lipinski definition) is 1. The van der Waals surface area contributed by atoms with E-state index in [4.69, 9.17) is 0 Å². The van der Waals surface area contributed by atoms with E-state index >= 15 is 0 Å². The van der Waals surface area contributed by atoms with Crippen LogP contribution in [-0.4, -0.2) is 11.2 Å². The van der Waals surface area contributed by atoms with Crippen LogP contribution < -0.4 is 0 Å². The third kappa shape index (κ3) is 1.62. The molecule has 118 valence electrons. The first-order chi connectivity index (χ1) is 9.81. The lowest BCUT2D eigenvalue weighted by Crippen LogP contribution is -2.58. The molecule has 4 rings (SSSR count). The molecule has 0 amide bonds. The standard InChI is InChI=1S/C20H32O/c1-13-14-6-7-16-19(4)10-5-9-18(2,3)15(19)8-11-20(16,12-14)17(13)21/h14-17,21H,1,5-12H2,2-4H3/t14?,15-,16+,17?,19?,20?/m1/s1. The summed E-state index contributed by atoms with van der Waals surface area (Å²) in [4.78, 5) is 0. The first-order valence-electron chi connectivity index (χ1n) is 9.18. The minimum atomic E-state index is -0.210. The molecule has 1 N–H and O–H groups in total. The van der Waals surface area contributed by atoms with Gasteiger partial charge >= 0.3 is 0 Å². The second-order valence-electron chi connectivity index (χ2n) is 9.68. The van der Waals surface area contributed by atoms with Gasteiger partial charge in [0.15, 0.2) is 0 Å². The van der Waals surface area contributed by atoms with Gasteiger partial charge in [-0.2, -0.15) is 0 Å². The molecule has 1 spiro atoms. The van der Waals surface area contributed by atoms with E-state index in [9.17, 15) is 5.11 Å². The number of aliphatic hydroxyl groups is 1. The van der Waals surface area contributed by atoms with Gasteiger partial charge in [0.25, 0.3) is 0 Å². The Labute approximate surface area is 130 Å². The molecule has 0 heterocycles. The Kier molecular flexibility index (Phi) is 2.83. The lowest BCUT2D eigenvalue weighted by atomic mass is 9.41. The highest BCUT2D eigenvalue weighted by molar-refractivity contribution is 5.27. The second kappa shape index (κ2) is 4.16. The molecule has 21 heavy (non-hydrogen) atoms. The van der Waals surface area contributed by atoms with Gasteiger partial charge in [0.2, 0.25) is 0 Å². The van der Waals surface area contributed by atoms with Gasteiger partial charge in [-0.05, 0) is 79.1 Å². The molecule has 1 heteroatoms. The van der Waals surface area contributed by atoms with Gasteiger partial charge < -0.3 is 5.11 Å². The third-order valence-corrected chi connectivity index (χ3v) is 8.51. The summed E-state index contributed by atoms with van der Waals surface area (Å²) in [5.41, 5.74) is 2.32. The van der Waals surface area contributed by atoms with Crippen LogP contribution >= 0.6 is 0 Å². The molecule has 0 radical (unpaired) electrons. The van der Waals surface area contributed by atoms with Crippen molar-refractivity contribution in [1.82, 2.24) is 0 Å². The smallest absolute Gasteiger partial charge is 0.0809 e. The fraction of sp³-hybridized carbons (Fsp3) is 0.900. The van der Waals surface area contributed by atoms with Crippen LogP contribution in [-0.2, 0) is 0 Å². The maximum absolute atomic E-state index is 11.0. The fourth-order valence-corrected chi connectivity index (χ4v) is 7.69. The number of aliphatic hydroxyl groups excluding tert-OH is 1. The molecule has 2 bridgehead atoms. The molecule has 0 aromatic heterocycles. The minimum absolute atomic E-state index is 0.193. The maximum atomic E-state index is 11.0. The molecule has 0 aromatic rings. The number of rotatable bonds is 0. The van der Waals surface area contributed by atoms with Crippen molar-refractivity contribution in [3.63, 3.8) is 0 Å². The third-order valence-electron chi connectivity index (χ3n) is 8.51. The number of hydrogen-bond acceptors (Lipinski definition) is 1. The molecule has 0 aliphatic heterocycles. The molecule has 1 nitrogen and oxygen atoms in total. The van der Waals surface area contributed by atoms with E-state index in [0.717, 1.165) is 11.8 Å². The van der Waals surface area contributed by atoms with E-state index < -0.39 is 0 Å². The molecular formula is C20H32O. The number of fused-ring (bicyclic) bond motifs is 3. The monoisotopic (exact) mass is 288 g/mol. The van der Waals surface area contributed by atoms with E-state index in [1.807, 2.05) is 0 Å². The molecule has 4 aliphatic carbocycles. The summed E-state index contributed by atoms with van der Waals surface area (Å²) in [5.74, 6) is 2.20. The van der Waals surface area contributed by atoms with Crippen molar-refractivity contribution in [3.05, 3.63) is 12.2 Å². The zero-order valence-corrected chi connectivity index (χ0v) is 14.1. The summed E-state index contributed by atoms with van der Waals surface area (Å²) in [6.07, 6.45) is 10.4. The largest absolute Gasteiger partial charge is 0.388 e. The van der Waals surface area contributed by atoms with Crippen molar-refractivity contribution >= 4 is 0 Å². The van der Waals surface area contributed by atoms with Gasteiger partial charge in [0.1, 0.15) is 0 Å². The summed E-state index contributed by atoms with van der Waals surface area (Å²) >= 11 is 0. The second-order valence-corrected chi connectivity index (χ2v) is 9.68. The van der Waals surface area contributed by atoms with Crippen LogP contribution in [0.25, 0.3) is 0 Å². The molecule has 4 unspecified atom stereocenters. The Hall–Kier alpha value is -0.300.